The zero-order chi connectivity index (χ0) is 20.4. The molecule has 1 N–H and O–H groups in total. The first-order valence-corrected chi connectivity index (χ1v) is 10.3. The Labute approximate surface area is 177 Å². The molecule has 0 unspecified atom stereocenters. The lowest BCUT2D eigenvalue weighted by molar-refractivity contribution is 0.208. The maximum atomic E-state index is 12.6. The number of nitrogens with one attached hydrogen (secondary N) is 1. The van der Waals surface area contributed by atoms with Gasteiger partial charge in [-0.1, -0.05) is 21.1 Å². The second-order valence-electron chi connectivity index (χ2n) is 7.05. The van der Waals surface area contributed by atoms with Gasteiger partial charge in [-0.3, -0.25) is 0 Å². The average Bonchev–Trinajstić information content (AvgIpc) is 3.17. The van der Waals surface area contributed by atoms with Gasteiger partial charge in [0.05, 0.1) is 0 Å². The number of carbonyl (C=O) groups is 1. The number of hydrogen-bond donors (Lipinski definition) is 1. The van der Waals surface area contributed by atoms with E-state index in [4.69, 9.17) is 4.52 Å². The summed E-state index contributed by atoms with van der Waals surface area (Å²) in [6, 6.07) is 13.9. The topological polar surface area (TPSA) is 74.5 Å². The molecule has 0 atom stereocenters. The maximum Gasteiger partial charge on any atom is 0.321 e. The molecule has 29 heavy (non-hydrogen) atoms. The molecule has 150 valence electrons. The van der Waals surface area contributed by atoms with E-state index in [0.717, 1.165) is 40.1 Å². The predicted molar refractivity (Wildman–Crippen MR) is 116 cm³/mol. The van der Waals surface area contributed by atoms with Crippen molar-refractivity contribution < 1.29 is 9.32 Å². The zero-order valence-electron chi connectivity index (χ0n) is 16.4. The molecule has 2 heterocycles. The quantitative estimate of drug-likeness (QED) is 0.630. The molecule has 1 saturated heterocycles. The largest absolute Gasteiger partial charge is 0.368 e. The molecule has 0 bridgehead atoms. The normalized spacial score (nSPS) is 14.2. The van der Waals surface area contributed by atoms with E-state index in [1.807, 2.05) is 42.2 Å². The van der Waals surface area contributed by atoms with E-state index in [0.29, 0.717) is 24.8 Å². The van der Waals surface area contributed by atoms with Gasteiger partial charge in [0.2, 0.25) is 11.7 Å². The average molecular weight is 456 g/mol. The van der Waals surface area contributed by atoms with Gasteiger partial charge in [-0.15, -0.1) is 0 Å². The summed E-state index contributed by atoms with van der Waals surface area (Å²) in [5.74, 6) is 1.15. The fraction of sp³-hybridized carbons (Fsp3) is 0.286. The number of urea groups is 1. The Bertz CT molecular complexity index is 1010. The summed E-state index contributed by atoms with van der Waals surface area (Å²) in [7, 11) is 0. The molecule has 0 saturated carbocycles. The number of halogens is 1. The van der Waals surface area contributed by atoms with Gasteiger partial charge in [-0.05, 0) is 55.0 Å². The van der Waals surface area contributed by atoms with Gasteiger partial charge in [0.15, 0.2) is 0 Å². The Balaban J connectivity index is 1.34. The minimum atomic E-state index is -0.0609. The van der Waals surface area contributed by atoms with E-state index in [-0.39, 0.29) is 6.03 Å². The van der Waals surface area contributed by atoms with Gasteiger partial charge in [0, 0.05) is 54.5 Å². The predicted octanol–water partition coefficient (Wildman–Crippen LogP) is 4.47. The number of carbonyl (C=O) groups excluding carboxylic acids is 1. The Kier molecular flexibility index (Phi) is 5.53. The summed E-state index contributed by atoms with van der Waals surface area (Å²) in [4.78, 5) is 21.0. The van der Waals surface area contributed by atoms with Gasteiger partial charge in [-0.25, -0.2) is 4.79 Å². The lowest BCUT2D eigenvalue weighted by Gasteiger charge is -2.36. The third-order valence-corrected chi connectivity index (χ3v) is 5.88. The first-order chi connectivity index (χ1) is 14.0. The molecule has 8 heteroatoms. The molecule has 1 aromatic heterocycles. The Morgan fingerprint density at radius 1 is 1.07 bits per heavy atom. The minimum absolute atomic E-state index is 0.0609. The van der Waals surface area contributed by atoms with Crippen molar-refractivity contribution in [2.24, 2.45) is 0 Å². The smallest absolute Gasteiger partial charge is 0.321 e. The number of hydrogen-bond acceptors (Lipinski definition) is 5. The van der Waals surface area contributed by atoms with Gasteiger partial charge in [0.1, 0.15) is 0 Å². The molecule has 1 fully saturated rings. The van der Waals surface area contributed by atoms with Gasteiger partial charge >= 0.3 is 6.03 Å². The summed E-state index contributed by atoms with van der Waals surface area (Å²) in [6.45, 7) is 6.70. The van der Waals surface area contributed by atoms with Crippen molar-refractivity contribution in [3.05, 3.63) is 58.4 Å². The number of benzene rings is 2. The van der Waals surface area contributed by atoms with Crippen molar-refractivity contribution in [2.45, 2.75) is 13.8 Å². The molecule has 0 aliphatic carbocycles. The number of aryl methyl sites for hydroxylation is 2. The molecule has 2 aromatic carbocycles. The van der Waals surface area contributed by atoms with E-state index >= 15 is 0 Å². The van der Waals surface area contributed by atoms with Crippen molar-refractivity contribution in [3.63, 3.8) is 0 Å². The molecule has 1 aliphatic rings. The molecule has 3 aromatic rings. The van der Waals surface area contributed by atoms with Crippen molar-refractivity contribution in [1.82, 2.24) is 15.0 Å². The minimum Gasteiger partial charge on any atom is -0.368 e. The number of rotatable bonds is 3. The lowest BCUT2D eigenvalue weighted by atomic mass is 10.1. The van der Waals surface area contributed by atoms with Crippen LogP contribution in [0.4, 0.5) is 16.2 Å². The first kappa shape index (κ1) is 19.4. The van der Waals surface area contributed by atoms with Crippen molar-refractivity contribution in [3.8, 4) is 11.4 Å². The molecule has 7 nitrogen and oxygen atoms in total. The van der Waals surface area contributed by atoms with Gasteiger partial charge in [0.25, 0.3) is 0 Å². The summed E-state index contributed by atoms with van der Waals surface area (Å²) >= 11 is 3.48. The lowest BCUT2D eigenvalue weighted by Crippen LogP contribution is -2.50. The Morgan fingerprint density at radius 3 is 2.41 bits per heavy atom. The molecule has 4 rings (SSSR count). The third kappa shape index (κ3) is 4.42. The van der Waals surface area contributed by atoms with Gasteiger partial charge in [-0.2, -0.15) is 4.98 Å². The highest BCUT2D eigenvalue weighted by atomic mass is 79.9. The van der Waals surface area contributed by atoms with Crippen LogP contribution in [0.3, 0.4) is 0 Å². The van der Waals surface area contributed by atoms with Crippen LogP contribution in [-0.4, -0.2) is 47.3 Å². The van der Waals surface area contributed by atoms with Crippen LogP contribution in [0.5, 0.6) is 0 Å². The molecule has 0 spiro atoms. The highest BCUT2D eigenvalue weighted by Crippen LogP contribution is 2.23. The van der Waals surface area contributed by atoms with Crippen LogP contribution in [0.25, 0.3) is 11.4 Å². The highest BCUT2D eigenvalue weighted by molar-refractivity contribution is 9.10. The molecule has 0 radical (unpaired) electrons. The second kappa shape index (κ2) is 8.24. The number of amides is 2. The molecule has 2 amide bonds. The first-order valence-electron chi connectivity index (χ1n) is 9.47. The van der Waals surface area contributed by atoms with Crippen molar-refractivity contribution >= 4 is 33.3 Å². The Hall–Kier alpha value is -2.87. The van der Waals surface area contributed by atoms with Crippen molar-refractivity contribution in [1.29, 1.82) is 0 Å². The van der Waals surface area contributed by atoms with Crippen molar-refractivity contribution in [2.75, 3.05) is 36.4 Å². The van der Waals surface area contributed by atoms with E-state index in [1.54, 1.807) is 6.92 Å². The third-order valence-electron chi connectivity index (χ3n) is 4.99. The SMILES string of the molecule is Cc1nc(-c2ccc(N3CCN(C(=O)Nc4ccc(Br)c(C)c4)CC3)cc2)no1. The van der Waals surface area contributed by atoms with E-state index in [2.05, 4.69) is 48.4 Å². The monoisotopic (exact) mass is 455 g/mol. The maximum absolute atomic E-state index is 12.6. The number of piperazine rings is 1. The van der Waals surface area contributed by atoms with E-state index < -0.39 is 0 Å². The number of nitrogens with zero attached hydrogens (tertiary/aromatic N) is 4. The zero-order valence-corrected chi connectivity index (χ0v) is 17.9. The fourth-order valence-electron chi connectivity index (χ4n) is 3.33. The van der Waals surface area contributed by atoms with Crippen LogP contribution in [0, 0.1) is 13.8 Å². The summed E-state index contributed by atoms with van der Waals surface area (Å²) in [5.41, 5.74) is 3.95. The molecular formula is C21H22BrN5O2. The highest BCUT2D eigenvalue weighted by Gasteiger charge is 2.21. The second-order valence-corrected chi connectivity index (χ2v) is 7.91. The van der Waals surface area contributed by atoms with E-state index in [1.165, 1.54) is 0 Å². The summed E-state index contributed by atoms with van der Waals surface area (Å²) < 4.78 is 6.07. The summed E-state index contributed by atoms with van der Waals surface area (Å²) in [5, 5.41) is 6.94. The van der Waals surface area contributed by atoms with Crippen LogP contribution < -0.4 is 10.2 Å². The van der Waals surface area contributed by atoms with Crippen LogP contribution in [-0.2, 0) is 0 Å². The standard InChI is InChI=1S/C21H22BrN5O2/c1-14-13-17(5-8-19(14)22)24-21(28)27-11-9-26(10-12-27)18-6-3-16(4-7-18)20-23-15(2)29-25-20/h3-8,13H,9-12H2,1-2H3,(H,24,28). The number of anilines is 2. The van der Waals surface area contributed by atoms with Gasteiger partial charge < -0.3 is 19.6 Å². The van der Waals surface area contributed by atoms with Crippen LogP contribution in [0.15, 0.2) is 51.5 Å². The van der Waals surface area contributed by atoms with Crippen LogP contribution in [0.2, 0.25) is 0 Å². The number of aromatic nitrogens is 2. The van der Waals surface area contributed by atoms with Crippen LogP contribution >= 0.6 is 15.9 Å². The summed E-state index contributed by atoms with van der Waals surface area (Å²) in [6.07, 6.45) is 0. The van der Waals surface area contributed by atoms with E-state index in [9.17, 15) is 4.79 Å². The Morgan fingerprint density at radius 2 is 1.79 bits per heavy atom. The van der Waals surface area contributed by atoms with Crippen LogP contribution in [0.1, 0.15) is 11.5 Å². The molecular weight excluding hydrogens is 434 g/mol. The fourth-order valence-corrected chi connectivity index (χ4v) is 3.58. The molecule has 1 aliphatic heterocycles.